The van der Waals surface area contributed by atoms with Crippen molar-refractivity contribution in [3.05, 3.63) is 71.4 Å². The van der Waals surface area contributed by atoms with Gasteiger partial charge in [-0.3, -0.25) is 4.79 Å². The van der Waals surface area contributed by atoms with Gasteiger partial charge < -0.3 is 20.1 Å². The summed E-state index contributed by atoms with van der Waals surface area (Å²) >= 11 is 0. The average Bonchev–Trinajstić information content (AvgIpc) is 2.73. The van der Waals surface area contributed by atoms with E-state index in [1.165, 1.54) is 38.6 Å². The predicted molar refractivity (Wildman–Crippen MR) is 102 cm³/mol. The molecular formula is C20H17N3O5. The van der Waals surface area contributed by atoms with Crippen LogP contribution >= 0.6 is 0 Å². The molecule has 0 aliphatic carbocycles. The van der Waals surface area contributed by atoms with Gasteiger partial charge in [-0.2, -0.15) is 5.26 Å². The Morgan fingerprint density at radius 3 is 2.00 bits per heavy atom. The van der Waals surface area contributed by atoms with Crippen molar-refractivity contribution in [3.8, 4) is 6.07 Å². The van der Waals surface area contributed by atoms with Crippen molar-refractivity contribution in [1.29, 1.82) is 5.26 Å². The third-order valence-corrected chi connectivity index (χ3v) is 3.56. The summed E-state index contributed by atoms with van der Waals surface area (Å²) in [5.74, 6) is -1.92. The first-order chi connectivity index (χ1) is 13.5. The molecule has 0 bridgehead atoms. The van der Waals surface area contributed by atoms with E-state index in [1.54, 1.807) is 36.4 Å². The molecule has 0 aromatic heterocycles. The Morgan fingerprint density at radius 1 is 0.929 bits per heavy atom. The lowest BCUT2D eigenvalue weighted by molar-refractivity contribution is -0.112. The van der Waals surface area contributed by atoms with Gasteiger partial charge in [-0.25, -0.2) is 9.59 Å². The third-order valence-electron chi connectivity index (χ3n) is 3.56. The second-order valence-electron chi connectivity index (χ2n) is 5.42. The van der Waals surface area contributed by atoms with E-state index >= 15 is 0 Å². The standard InChI is InChI=1S/C20H17N3O5/c1-27-19(25)13-8-14(20(26)28-2)10-17(9-13)22-12-15(11-21)18(24)23-16-6-4-3-5-7-16/h3-10,12,22H,1-2H3,(H,23,24)/b15-12+. The van der Waals surface area contributed by atoms with E-state index in [-0.39, 0.29) is 16.7 Å². The maximum atomic E-state index is 12.2. The molecule has 142 valence electrons. The largest absolute Gasteiger partial charge is 0.465 e. The zero-order valence-electron chi connectivity index (χ0n) is 15.2. The first-order valence-electron chi connectivity index (χ1n) is 8.03. The molecule has 28 heavy (non-hydrogen) atoms. The summed E-state index contributed by atoms with van der Waals surface area (Å²) < 4.78 is 9.32. The SMILES string of the molecule is COC(=O)c1cc(N/C=C(\C#N)C(=O)Nc2ccccc2)cc(C(=O)OC)c1. The fraction of sp³-hybridized carbons (Fsp3) is 0.100. The first kappa shape index (κ1) is 20.2. The molecule has 1 amide bonds. The highest BCUT2D eigenvalue weighted by atomic mass is 16.5. The van der Waals surface area contributed by atoms with Crippen molar-refractivity contribution in [1.82, 2.24) is 0 Å². The van der Waals surface area contributed by atoms with Crippen molar-refractivity contribution in [2.24, 2.45) is 0 Å². The topological polar surface area (TPSA) is 118 Å². The monoisotopic (exact) mass is 379 g/mol. The molecular weight excluding hydrogens is 362 g/mol. The molecule has 0 saturated carbocycles. The number of nitrogens with zero attached hydrogens (tertiary/aromatic N) is 1. The van der Waals surface area contributed by atoms with E-state index in [0.29, 0.717) is 11.4 Å². The maximum absolute atomic E-state index is 12.2. The van der Waals surface area contributed by atoms with E-state index in [4.69, 9.17) is 0 Å². The molecule has 0 spiro atoms. The second kappa shape index (κ2) is 9.54. The quantitative estimate of drug-likeness (QED) is 0.450. The molecule has 8 heteroatoms. The lowest BCUT2D eigenvalue weighted by atomic mass is 10.1. The van der Waals surface area contributed by atoms with Gasteiger partial charge in [0, 0.05) is 17.6 Å². The van der Waals surface area contributed by atoms with E-state index in [0.717, 1.165) is 0 Å². The fourth-order valence-electron chi connectivity index (χ4n) is 2.21. The van der Waals surface area contributed by atoms with Crippen LogP contribution < -0.4 is 10.6 Å². The van der Waals surface area contributed by atoms with Crippen LogP contribution in [-0.4, -0.2) is 32.1 Å². The number of ether oxygens (including phenoxy) is 2. The summed E-state index contributed by atoms with van der Waals surface area (Å²) in [6.07, 6.45) is 1.18. The lowest BCUT2D eigenvalue weighted by Gasteiger charge is -2.08. The lowest BCUT2D eigenvalue weighted by Crippen LogP contribution is -2.14. The number of benzene rings is 2. The number of hydrogen-bond donors (Lipinski definition) is 2. The Hall–Kier alpha value is -4.12. The normalized spacial score (nSPS) is 10.4. The van der Waals surface area contributed by atoms with Gasteiger partial charge in [0.25, 0.3) is 5.91 Å². The van der Waals surface area contributed by atoms with E-state index in [1.807, 2.05) is 0 Å². The molecule has 0 heterocycles. The number of hydrogen-bond acceptors (Lipinski definition) is 7. The van der Waals surface area contributed by atoms with Crippen LogP contribution in [0.5, 0.6) is 0 Å². The van der Waals surface area contributed by atoms with Gasteiger partial charge in [-0.05, 0) is 30.3 Å². The molecule has 2 N–H and O–H groups in total. The highest BCUT2D eigenvalue weighted by Gasteiger charge is 2.14. The predicted octanol–water partition coefficient (Wildman–Crippen LogP) is 2.72. The number of carbonyl (C=O) groups excluding carboxylic acids is 3. The van der Waals surface area contributed by atoms with Crippen LogP contribution in [0, 0.1) is 11.3 Å². The highest BCUT2D eigenvalue weighted by molar-refractivity contribution is 6.06. The van der Waals surface area contributed by atoms with E-state index in [9.17, 15) is 19.6 Å². The molecule has 0 saturated heterocycles. The fourth-order valence-corrected chi connectivity index (χ4v) is 2.21. The Balaban J connectivity index is 2.26. The molecule has 8 nitrogen and oxygen atoms in total. The molecule has 0 aliphatic heterocycles. The van der Waals surface area contributed by atoms with Crippen molar-refractivity contribution >= 4 is 29.2 Å². The number of methoxy groups -OCH3 is 2. The Bertz CT molecular complexity index is 927. The van der Waals surface area contributed by atoms with Crippen LogP contribution in [0.25, 0.3) is 0 Å². The summed E-state index contributed by atoms with van der Waals surface area (Å²) in [6.45, 7) is 0. The van der Waals surface area contributed by atoms with Gasteiger partial charge >= 0.3 is 11.9 Å². The second-order valence-corrected chi connectivity index (χ2v) is 5.42. The van der Waals surface area contributed by atoms with Crippen LogP contribution in [0.15, 0.2) is 60.3 Å². The molecule has 2 rings (SSSR count). The van der Waals surface area contributed by atoms with Crippen LogP contribution in [-0.2, 0) is 14.3 Å². The highest BCUT2D eigenvalue weighted by Crippen LogP contribution is 2.18. The van der Waals surface area contributed by atoms with E-state index < -0.39 is 17.8 Å². The van der Waals surface area contributed by atoms with Crippen molar-refractivity contribution in [2.45, 2.75) is 0 Å². The Kier molecular flexibility index (Phi) is 6.88. The number of nitrogens with one attached hydrogen (secondary N) is 2. The van der Waals surface area contributed by atoms with Crippen LogP contribution in [0.1, 0.15) is 20.7 Å². The molecule has 0 radical (unpaired) electrons. The van der Waals surface area contributed by atoms with Gasteiger partial charge in [0.1, 0.15) is 11.6 Å². The average molecular weight is 379 g/mol. The van der Waals surface area contributed by atoms with Gasteiger partial charge in [-0.15, -0.1) is 0 Å². The summed E-state index contributed by atoms with van der Waals surface area (Å²) in [4.78, 5) is 35.8. The van der Waals surface area contributed by atoms with Crippen LogP contribution in [0.4, 0.5) is 11.4 Å². The van der Waals surface area contributed by atoms with Gasteiger partial charge in [-0.1, -0.05) is 18.2 Å². The van der Waals surface area contributed by atoms with Gasteiger partial charge in [0.2, 0.25) is 0 Å². The molecule has 2 aromatic carbocycles. The van der Waals surface area contributed by atoms with Crippen molar-refractivity contribution in [3.63, 3.8) is 0 Å². The zero-order valence-corrected chi connectivity index (χ0v) is 15.2. The number of anilines is 2. The van der Waals surface area contributed by atoms with Crippen LogP contribution in [0.2, 0.25) is 0 Å². The third kappa shape index (κ3) is 5.19. The smallest absolute Gasteiger partial charge is 0.337 e. The van der Waals surface area contributed by atoms with Crippen LogP contribution in [0.3, 0.4) is 0 Å². The molecule has 0 fully saturated rings. The minimum Gasteiger partial charge on any atom is -0.465 e. The summed E-state index contributed by atoms with van der Waals surface area (Å²) in [5.41, 5.74) is 0.840. The Morgan fingerprint density at radius 2 is 1.50 bits per heavy atom. The van der Waals surface area contributed by atoms with Crippen molar-refractivity contribution in [2.75, 3.05) is 24.9 Å². The minimum absolute atomic E-state index is 0.105. The number of nitriles is 1. The van der Waals surface area contributed by atoms with Crippen molar-refractivity contribution < 1.29 is 23.9 Å². The number of carbonyl (C=O) groups is 3. The number of rotatable bonds is 6. The zero-order chi connectivity index (χ0) is 20.5. The first-order valence-corrected chi connectivity index (χ1v) is 8.03. The minimum atomic E-state index is -0.653. The molecule has 0 unspecified atom stereocenters. The summed E-state index contributed by atoms with van der Waals surface area (Å²) in [5, 5.41) is 14.6. The molecule has 0 aliphatic rings. The Labute approximate surface area is 161 Å². The maximum Gasteiger partial charge on any atom is 0.337 e. The summed E-state index contributed by atoms with van der Waals surface area (Å²) in [7, 11) is 2.42. The van der Waals surface area contributed by atoms with E-state index in [2.05, 4.69) is 20.1 Å². The number of para-hydroxylation sites is 1. The number of amides is 1. The van der Waals surface area contributed by atoms with Gasteiger partial charge in [0.05, 0.1) is 25.3 Å². The molecule has 2 aromatic rings. The van der Waals surface area contributed by atoms with Gasteiger partial charge in [0.15, 0.2) is 0 Å². The number of esters is 2. The molecule has 0 atom stereocenters. The summed E-state index contributed by atoms with van der Waals surface area (Å²) in [6, 6.07) is 14.6.